The summed E-state index contributed by atoms with van der Waals surface area (Å²) in [7, 11) is 0. The van der Waals surface area contributed by atoms with Gasteiger partial charge in [-0.3, -0.25) is 9.59 Å². The first-order valence-corrected chi connectivity index (χ1v) is 9.52. The molecular weight excluding hydrogens is 428 g/mol. The van der Waals surface area contributed by atoms with Crippen LogP contribution >= 0.6 is 35.0 Å². The Morgan fingerprint density at radius 2 is 1.93 bits per heavy atom. The number of carbonyl (C=O) groups is 2. The van der Waals surface area contributed by atoms with E-state index in [9.17, 15) is 14.0 Å². The molecule has 2 N–H and O–H groups in total. The van der Waals surface area contributed by atoms with Crippen LogP contribution in [0, 0.1) is 5.82 Å². The highest BCUT2D eigenvalue weighted by atomic mass is 35.5. The first kappa shape index (κ1) is 20.3. The van der Waals surface area contributed by atoms with E-state index in [0.29, 0.717) is 21.2 Å². The minimum Gasteiger partial charge on any atom is -0.481 e. The van der Waals surface area contributed by atoms with Crippen LogP contribution in [0.5, 0.6) is 0 Å². The van der Waals surface area contributed by atoms with Gasteiger partial charge in [-0.15, -0.1) is 5.10 Å². The van der Waals surface area contributed by atoms with Crippen molar-refractivity contribution in [3.63, 3.8) is 0 Å². The van der Waals surface area contributed by atoms with E-state index in [1.165, 1.54) is 18.3 Å². The Morgan fingerprint density at radius 3 is 2.57 bits per heavy atom. The quantitative estimate of drug-likeness (QED) is 0.539. The molecule has 0 bridgehead atoms. The first-order valence-electron chi connectivity index (χ1n) is 7.88. The fourth-order valence-corrected chi connectivity index (χ4v) is 3.86. The zero-order valence-electron chi connectivity index (χ0n) is 14.0. The third kappa shape index (κ3) is 5.09. The minimum atomic E-state index is -1.08. The summed E-state index contributed by atoms with van der Waals surface area (Å²) < 4.78 is 14.4. The summed E-state index contributed by atoms with van der Waals surface area (Å²) in [6.45, 7) is 0. The van der Waals surface area contributed by atoms with Crippen molar-refractivity contribution < 1.29 is 19.1 Å². The number of carboxylic acids is 1. The van der Waals surface area contributed by atoms with Crippen molar-refractivity contribution >= 4 is 58.2 Å². The number of amidine groups is 1. The number of aliphatic carboxylic acids is 1. The Labute approximate surface area is 173 Å². The lowest BCUT2D eigenvalue weighted by Crippen LogP contribution is -2.26. The van der Waals surface area contributed by atoms with E-state index in [-0.39, 0.29) is 17.2 Å². The third-order valence-corrected chi connectivity index (χ3v) is 5.19. The number of carbonyl (C=O) groups excluding carboxylic acids is 1. The number of halogens is 3. The van der Waals surface area contributed by atoms with Crippen LogP contribution in [0.1, 0.15) is 12.0 Å². The van der Waals surface area contributed by atoms with Crippen molar-refractivity contribution in [1.82, 2.24) is 5.32 Å². The average Bonchev–Trinajstić information content (AvgIpc) is 2.94. The van der Waals surface area contributed by atoms with Gasteiger partial charge in [0.1, 0.15) is 11.1 Å². The van der Waals surface area contributed by atoms with E-state index < -0.39 is 22.9 Å². The van der Waals surface area contributed by atoms with Crippen LogP contribution in [0.2, 0.25) is 10.0 Å². The van der Waals surface area contributed by atoms with Gasteiger partial charge in [0.2, 0.25) is 5.91 Å². The number of nitrogens with one attached hydrogen (secondary N) is 1. The normalized spacial score (nSPS) is 18.0. The highest BCUT2D eigenvalue weighted by Crippen LogP contribution is 2.28. The molecule has 10 heteroatoms. The number of amides is 1. The van der Waals surface area contributed by atoms with Gasteiger partial charge in [0, 0.05) is 15.6 Å². The van der Waals surface area contributed by atoms with Crippen molar-refractivity contribution in [3.8, 4) is 11.1 Å². The van der Waals surface area contributed by atoms with Crippen molar-refractivity contribution in [2.75, 3.05) is 0 Å². The lowest BCUT2D eigenvalue weighted by molar-refractivity contribution is -0.138. The van der Waals surface area contributed by atoms with E-state index in [1.807, 2.05) is 0 Å². The maximum Gasteiger partial charge on any atom is 0.305 e. The molecule has 1 aliphatic heterocycles. The predicted octanol–water partition coefficient (Wildman–Crippen LogP) is 4.20. The molecule has 1 atom stereocenters. The fourth-order valence-electron chi connectivity index (χ4n) is 2.42. The van der Waals surface area contributed by atoms with Gasteiger partial charge >= 0.3 is 5.97 Å². The second kappa shape index (κ2) is 8.72. The summed E-state index contributed by atoms with van der Waals surface area (Å²) in [5, 5.41) is 19.0. The molecule has 1 fully saturated rings. The molecule has 2 aromatic carbocycles. The second-order valence-corrected chi connectivity index (χ2v) is 7.80. The maximum atomic E-state index is 14.4. The number of rotatable bonds is 5. The molecule has 1 amide bonds. The standard InChI is InChI=1S/C18H12Cl2FN3O3S/c19-12-3-11(4-13(20)6-12)9-1-2-10(14(21)5-9)8-22-24-18-23-17(27)15(28-18)7-16(25)26/h1-6,8,15H,7H2,(H,25,26)(H,23,24,27). The number of hydrogen-bond acceptors (Lipinski definition) is 5. The van der Waals surface area contributed by atoms with Gasteiger partial charge in [0.25, 0.3) is 0 Å². The summed E-state index contributed by atoms with van der Waals surface area (Å²) in [4.78, 5) is 22.3. The third-order valence-electron chi connectivity index (χ3n) is 3.68. The van der Waals surface area contributed by atoms with Gasteiger partial charge in [-0.25, -0.2) is 4.39 Å². The van der Waals surface area contributed by atoms with E-state index in [2.05, 4.69) is 15.5 Å². The smallest absolute Gasteiger partial charge is 0.305 e. The van der Waals surface area contributed by atoms with Gasteiger partial charge in [0.15, 0.2) is 5.17 Å². The van der Waals surface area contributed by atoms with Crippen molar-refractivity contribution in [2.24, 2.45) is 10.2 Å². The molecule has 0 aliphatic carbocycles. The average molecular weight is 440 g/mol. The molecule has 28 heavy (non-hydrogen) atoms. The Balaban J connectivity index is 1.73. The number of thioether (sulfide) groups is 1. The van der Waals surface area contributed by atoms with Crippen LogP contribution in [0.3, 0.4) is 0 Å². The van der Waals surface area contributed by atoms with Crippen molar-refractivity contribution in [2.45, 2.75) is 11.7 Å². The molecule has 6 nitrogen and oxygen atoms in total. The monoisotopic (exact) mass is 439 g/mol. The number of carboxylic acid groups (broad SMARTS) is 1. The fraction of sp³-hybridized carbons (Fsp3) is 0.111. The highest BCUT2D eigenvalue weighted by Gasteiger charge is 2.32. The highest BCUT2D eigenvalue weighted by molar-refractivity contribution is 8.15. The predicted molar refractivity (Wildman–Crippen MR) is 109 cm³/mol. The Hall–Kier alpha value is -2.42. The van der Waals surface area contributed by atoms with Gasteiger partial charge < -0.3 is 10.4 Å². The summed E-state index contributed by atoms with van der Waals surface area (Å²) in [5.74, 6) is -2.05. The maximum absolute atomic E-state index is 14.4. The molecule has 2 aromatic rings. The van der Waals surface area contributed by atoms with E-state index in [0.717, 1.165) is 11.8 Å². The van der Waals surface area contributed by atoms with Gasteiger partial charge in [0.05, 0.1) is 12.6 Å². The van der Waals surface area contributed by atoms with Crippen LogP contribution < -0.4 is 5.32 Å². The Morgan fingerprint density at radius 1 is 1.21 bits per heavy atom. The van der Waals surface area contributed by atoms with Crippen molar-refractivity contribution in [3.05, 3.63) is 57.8 Å². The number of benzene rings is 2. The lowest BCUT2D eigenvalue weighted by atomic mass is 10.0. The van der Waals surface area contributed by atoms with E-state index >= 15 is 0 Å². The lowest BCUT2D eigenvalue weighted by Gasteiger charge is -2.05. The molecule has 3 rings (SSSR count). The molecule has 144 valence electrons. The number of hydrogen-bond donors (Lipinski definition) is 2. The molecule has 0 aromatic heterocycles. The van der Waals surface area contributed by atoms with Gasteiger partial charge in [-0.1, -0.05) is 41.0 Å². The first-order chi connectivity index (χ1) is 13.3. The molecule has 1 heterocycles. The van der Waals surface area contributed by atoms with Crippen LogP contribution in [0.4, 0.5) is 4.39 Å². The summed E-state index contributed by atoms with van der Waals surface area (Å²) in [6, 6.07) is 9.48. The second-order valence-electron chi connectivity index (χ2n) is 5.74. The summed E-state index contributed by atoms with van der Waals surface area (Å²) >= 11 is 12.9. The minimum absolute atomic E-state index is 0.165. The Bertz CT molecular complexity index is 993. The van der Waals surface area contributed by atoms with E-state index in [4.69, 9.17) is 28.3 Å². The molecule has 1 aliphatic rings. The van der Waals surface area contributed by atoms with Crippen LogP contribution in [0.25, 0.3) is 11.1 Å². The summed E-state index contributed by atoms with van der Waals surface area (Å²) in [5.41, 5.74) is 1.47. The molecule has 0 saturated carbocycles. The Kier molecular flexibility index (Phi) is 6.33. The van der Waals surface area contributed by atoms with Crippen LogP contribution in [-0.2, 0) is 9.59 Å². The van der Waals surface area contributed by atoms with Crippen molar-refractivity contribution in [1.29, 1.82) is 0 Å². The van der Waals surface area contributed by atoms with E-state index in [1.54, 1.807) is 24.3 Å². The molecule has 1 unspecified atom stereocenters. The molecular formula is C18H12Cl2FN3O3S. The summed E-state index contributed by atoms with van der Waals surface area (Å²) in [6.07, 6.45) is 0.886. The van der Waals surface area contributed by atoms with Crippen LogP contribution in [0.15, 0.2) is 46.6 Å². The van der Waals surface area contributed by atoms with Gasteiger partial charge in [-0.2, -0.15) is 5.10 Å². The SMILES string of the molecule is O=C(O)CC1SC(=NN=Cc2ccc(-c3cc(Cl)cc(Cl)c3)cc2F)NC1=O. The molecule has 1 saturated heterocycles. The molecule has 0 radical (unpaired) electrons. The zero-order chi connectivity index (χ0) is 20.3. The topological polar surface area (TPSA) is 91.1 Å². The largest absolute Gasteiger partial charge is 0.481 e. The van der Waals surface area contributed by atoms with Gasteiger partial charge in [-0.05, 0) is 41.5 Å². The zero-order valence-corrected chi connectivity index (χ0v) is 16.4. The molecule has 0 spiro atoms. The number of nitrogens with zero attached hydrogens (tertiary/aromatic N) is 2. The van der Waals surface area contributed by atoms with Crippen LogP contribution in [-0.4, -0.2) is 33.6 Å².